The molecule has 34 heavy (non-hydrogen) atoms. The third-order valence-electron chi connectivity index (χ3n) is 6.03. The van der Waals surface area contributed by atoms with Crippen LogP contribution in [0.2, 0.25) is 0 Å². The number of hydrogen-bond acceptors (Lipinski definition) is 6. The molecule has 0 aliphatic carbocycles. The predicted octanol–water partition coefficient (Wildman–Crippen LogP) is 5.33. The zero-order chi connectivity index (χ0) is 23.3. The van der Waals surface area contributed by atoms with Crippen molar-refractivity contribution < 1.29 is 4.79 Å². The summed E-state index contributed by atoms with van der Waals surface area (Å²) in [5, 5.41) is 8.55. The molecule has 1 saturated heterocycles. The van der Waals surface area contributed by atoms with Gasteiger partial charge in [-0.1, -0.05) is 24.3 Å². The van der Waals surface area contributed by atoms with Crippen molar-refractivity contribution in [3.8, 4) is 10.4 Å². The van der Waals surface area contributed by atoms with E-state index in [1.165, 1.54) is 5.56 Å². The van der Waals surface area contributed by atoms with Gasteiger partial charge in [-0.3, -0.25) is 14.7 Å². The van der Waals surface area contributed by atoms with Gasteiger partial charge in [-0.25, -0.2) is 0 Å². The second-order valence-electron chi connectivity index (χ2n) is 8.54. The fourth-order valence-corrected chi connectivity index (χ4v) is 4.98. The third kappa shape index (κ3) is 5.27. The number of carbonyl (C=O) groups is 1. The maximum absolute atomic E-state index is 12.8. The summed E-state index contributed by atoms with van der Waals surface area (Å²) in [5.41, 5.74) is 11.2. The van der Waals surface area contributed by atoms with E-state index in [0.717, 1.165) is 42.2 Å². The Morgan fingerprint density at radius 2 is 2.00 bits per heavy atom. The van der Waals surface area contributed by atoms with E-state index in [4.69, 9.17) is 5.73 Å². The SMILES string of the molecule is Nc1ccc(-c2cccs2)cc1NC(=O)c1ccc(CN2CCC(Nc3cccnc3)C2)cc1. The van der Waals surface area contributed by atoms with Crippen molar-refractivity contribution in [2.24, 2.45) is 0 Å². The zero-order valence-corrected chi connectivity index (χ0v) is 19.6. The molecule has 2 aromatic heterocycles. The Hall–Kier alpha value is -3.68. The van der Waals surface area contributed by atoms with Crippen LogP contribution >= 0.6 is 11.3 Å². The van der Waals surface area contributed by atoms with Crippen molar-refractivity contribution in [2.45, 2.75) is 19.0 Å². The Morgan fingerprint density at radius 3 is 2.76 bits per heavy atom. The highest BCUT2D eigenvalue weighted by Crippen LogP contribution is 2.30. The van der Waals surface area contributed by atoms with Gasteiger partial charge >= 0.3 is 0 Å². The van der Waals surface area contributed by atoms with E-state index in [0.29, 0.717) is 23.0 Å². The molecule has 0 saturated carbocycles. The number of thiophene rings is 1. The van der Waals surface area contributed by atoms with Crippen LogP contribution in [0.4, 0.5) is 17.1 Å². The number of benzene rings is 2. The molecular formula is C27H27N5OS. The molecule has 0 bridgehead atoms. The first-order valence-corrected chi connectivity index (χ1v) is 12.2. The fraction of sp³-hybridized carbons (Fsp3) is 0.185. The molecule has 1 atom stereocenters. The Bertz CT molecular complexity index is 1240. The second-order valence-corrected chi connectivity index (χ2v) is 9.48. The van der Waals surface area contributed by atoms with Gasteiger partial charge in [0, 0.05) is 48.5 Å². The van der Waals surface area contributed by atoms with Crippen LogP contribution in [0.3, 0.4) is 0 Å². The van der Waals surface area contributed by atoms with Gasteiger partial charge in [0.15, 0.2) is 0 Å². The highest BCUT2D eigenvalue weighted by molar-refractivity contribution is 7.13. The molecule has 0 spiro atoms. The smallest absolute Gasteiger partial charge is 0.255 e. The van der Waals surface area contributed by atoms with Crippen LogP contribution in [-0.2, 0) is 6.54 Å². The lowest BCUT2D eigenvalue weighted by Gasteiger charge is -2.17. The summed E-state index contributed by atoms with van der Waals surface area (Å²) in [5.74, 6) is -0.163. The molecule has 2 aromatic carbocycles. The van der Waals surface area contributed by atoms with Gasteiger partial charge < -0.3 is 16.4 Å². The molecule has 4 aromatic rings. The molecule has 1 aliphatic rings. The number of nitrogens with one attached hydrogen (secondary N) is 2. The summed E-state index contributed by atoms with van der Waals surface area (Å²) >= 11 is 1.66. The number of carbonyl (C=O) groups excluding carboxylic acids is 1. The lowest BCUT2D eigenvalue weighted by molar-refractivity contribution is 0.102. The van der Waals surface area contributed by atoms with E-state index in [9.17, 15) is 4.79 Å². The van der Waals surface area contributed by atoms with Gasteiger partial charge in [0.05, 0.1) is 17.1 Å². The van der Waals surface area contributed by atoms with E-state index >= 15 is 0 Å². The van der Waals surface area contributed by atoms with Crippen LogP contribution in [0.15, 0.2) is 84.5 Å². The number of likely N-dealkylation sites (tertiary alicyclic amines) is 1. The van der Waals surface area contributed by atoms with Crippen molar-refractivity contribution >= 4 is 34.3 Å². The average molecular weight is 470 g/mol. The van der Waals surface area contributed by atoms with E-state index in [-0.39, 0.29) is 5.91 Å². The molecule has 172 valence electrons. The molecule has 6 nitrogen and oxygen atoms in total. The summed E-state index contributed by atoms with van der Waals surface area (Å²) in [4.78, 5) is 20.6. The maximum atomic E-state index is 12.8. The van der Waals surface area contributed by atoms with Crippen LogP contribution in [0.1, 0.15) is 22.3 Å². The lowest BCUT2D eigenvalue weighted by Crippen LogP contribution is -2.26. The minimum absolute atomic E-state index is 0.163. The number of aromatic nitrogens is 1. The monoisotopic (exact) mass is 469 g/mol. The van der Waals surface area contributed by atoms with Gasteiger partial charge in [0.25, 0.3) is 5.91 Å². The normalized spacial score (nSPS) is 15.8. The number of nitrogens with two attached hydrogens (primary N) is 1. The molecular weight excluding hydrogens is 442 g/mol. The van der Waals surface area contributed by atoms with E-state index < -0.39 is 0 Å². The average Bonchev–Trinajstić information content (AvgIpc) is 3.54. The molecule has 3 heterocycles. The van der Waals surface area contributed by atoms with Crippen molar-refractivity contribution in [3.63, 3.8) is 0 Å². The van der Waals surface area contributed by atoms with Crippen LogP contribution in [-0.4, -0.2) is 34.9 Å². The second kappa shape index (κ2) is 10.1. The molecule has 5 rings (SSSR count). The van der Waals surface area contributed by atoms with Crippen LogP contribution < -0.4 is 16.4 Å². The first kappa shape index (κ1) is 22.1. The molecule has 4 N–H and O–H groups in total. The Morgan fingerprint density at radius 1 is 1.12 bits per heavy atom. The first-order chi connectivity index (χ1) is 16.6. The predicted molar refractivity (Wildman–Crippen MR) is 140 cm³/mol. The largest absolute Gasteiger partial charge is 0.397 e. The van der Waals surface area contributed by atoms with Gasteiger partial charge in [-0.15, -0.1) is 11.3 Å². The highest BCUT2D eigenvalue weighted by Gasteiger charge is 2.22. The van der Waals surface area contributed by atoms with Gasteiger partial charge in [-0.2, -0.15) is 0 Å². The van der Waals surface area contributed by atoms with Crippen molar-refractivity contribution in [3.05, 3.63) is 95.6 Å². The zero-order valence-electron chi connectivity index (χ0n) is 18.8. The fourth-order valence-electron chi connectivity index (χ4n) is 4.25. The molecule has 0 radical (unpaired) electrons. The number of nitrogen functional groups attached to an aromatic ring is 1. The van der Waals surface area contributed by atoms with E-state index in [1.807, 2.05) is 72.2 Å². The Labute approximate surface area is 203 Å². The van der Waals surface area contributed by atoms with Crippen LogP contribution in [0, 0.1) is 0 Å². The van der Waals surface area contributed by atoms with E-state index in [1.54, 1.807) is 17.5 Å². The number of hydrogen-bond donors (Lipinski definition) is 3. The summed E-state index contributed by atoms with van der Waals surface area (Å²) in [6.45, 7) is 2.89. The Kier molecular flexibility index (Phi) is 6.56. The first-order valence-electron chi connectivity index (χ1n) is 11.4. The number of nitrogens with zero attached hydrogens (tertiary/aromatic N) is 2. The standard InChI is InChI=1S/C27H27N5OS/c28-24-10-9-21(26-4-2-14-34-26)15-25(24)31-27(33)20-7-5-19(6-8-20)17-32-13-11-23(18-32)30-22-3-1-12-29-16-22/h1-10,12,14-16,23,30H,11,13,17-18,28H2,(H,31,33). The number of pyridine rings is 1. The summed E-state index contributed by atoms with van der Waals surface area (Å²) < 4.78 is 0. The van der Waals surface area contributed by atoms with Crippen molar-refractivity contribution in [2.75, 3.05) is 29.5 Å². The third-order valence-corrected chi connectivity index (χ3v) is 6.95. The maximum Gasteiger partial charge on any atom is 0.255 e. The van der Waals surface area contributed by atoms with Gasteiger partial charge in [-0.05, 0) is 65.4 Å². The molecule has 1 fully saturated rings. The van der Waals surface area contributed by atoms with Gasteiger partial charge in [0.1, 0.15) is 0 Å². The molecule has 1 aliphatic heterocycles. The number of anilines is 3. The molecule has 7 heteroatoms. The summed E-state index contributed by atoms with van der Waals surface area (Å²) in [6, 6.07) is 22.0. The minimum Gasteiger partial charge on any atom is -0.397 e. The molecule has 1 unspecified atom stereocenters. The number of rotatable bonds is 7. The molecule has 1 amide bonds. The van der Waals surface area contributed by atoms with Crippen molar-refractivity contribution in [1.82, 2.24) is 9.88 Å². The topological polar surface area (TPSA) is 83.3 Å². The van der Waals surface area contributed by atoms with Crippen LogP contribution in [0.25, 0.3) is 10.4 Å². The lowest BCUT2D eigenvalue weighted by atomic mass is 10.1. The quantitative estimate of drug-likeness (QED) is 0.319. The Balaban J connectivity index is 1.18. The summed E-state index contributed by atoms with van der Waals surface area (Å²) in [7, 11) is 0. The van der Waals surface area contributed by atoms with E-state index in [2.05, 4.69) is 26.6 Å². The summed E-state index contributed by atoms with van der Waals surface area (Å²) in [6.07, 6.45) is 4.74. The van der Waals surface area contributed by atoms with Gasteiger partial charge in [0.2, 0.25) is 0 Å². The van der Waals surface area contributed by atoms with Crippen molar-refractivity contribution in [1.29, 1.82) is 0 Å². The highest BCUT2D eigenvalue weighted by atomic mass is 32.1. The van der Waals surface area contributed by atoms with Crippen LogP contribution in [0.5, 0.6) is 0 Å². The number of amides is 1. The minimum atomic E-state index is -0.163.